The van der Waals surface area contributed by atoms with Crippen LogP contribution in [0.15, 0.2) is 52.2 Å². The Hall–Kier alpha value is -5.16. The van der Waals surface area contributed by atoms with Crippen LogP contribution in [0.3, 0.4) is 0 Å². The highest BCUT2D eigenvalue weighted by atomic mass is 16.4. The Morgan fingerprint density at radius 1 is 0.719 bits per heavy atom. The van der Waals surface area contributed by atoms with E-state index in [1.54, 1.807) is 24.3 Å². The molecule has 1 aliphatic rings. The zero-order chi connectivity index (χ0) is 21.4. The Balaban J connectivity index is 1.68. The van der Waals surface area contributed by atoms with E-state index in [1.807, 2.05) is 0 Å². The van der Waals surface area contributed by atoms with Gasteiger partial charge in [-0.3, -0.25) is 0 Å². The van der Waals surface area contributed by atoms with Gasteiger partial charge in [-0.25, -0.2) is 0 Å². The van der Waals surface area contributed by atoms with Gasteiger partial charge in [0, 0.05) is 23.8 Å². The fourth-order valence-corrected chi connectivity index (χ4v) is 3.86. The van der Waals surface area contributed by atoms with E-state index in [2.05, 4.69) is 37.8 Å². The average Bonchev–Trinajstić information content (AvgIpc) is 3.45. The Morgan fingerprint density at radius 3 is 1.75 bits per heavy atom. The van der Waals surface area contributed by atoms with Crippen LogP contribution in [0, 0.1) is 22.7 Å². The molecule has 0 saturated carbocycles. The predicted molar refractivity (Wildman–Crippen MR) is 108 cm³/mol. The van der Waals surface area contributed by atoms with E-state index in [4.69, 9.17) is 17.7 Å². The molecule has 6 aromatic rings. The third-order valence-corrected chi connectivity index (χ3v) is 5.34. The van der Waals surface area contributed by atoms with Crippen molar-refractivity contribution in [1.29, 1.82) is 10.5 Å². The van der Waals surface area contributed by atoms with E-state index in [9.17, 15) is 10.5 Å². The molecule has 0 unspecified atom stereocenters. The SMILES string of the molecule is N#Cc1c2oc3cc4c(cc3oc2c(C#N)c2oc3cc5n[nH]nc5cc3oc12)N=NC4. The molecule has 4 heterocycles. The molecule has 0 spiro atoms. The summed E-state index contributed by atoms with van der Waals surface area (Å²) in [6.07, 6.45) is 0. The maximum Gasteiger partial charge on any atom is 0.193 e. The Morgan fingerprint density at radius 2 is 1.22 bits per heavy atom. The maximum atomic E-state index is 9.94. The summed E-state index contributed by atoms with van der Waals surface area (Å²) in [6, 6.07) is 10.9. The minimum Gasteiger partial charge on any atom is -0.448 e. The van der Waals surface area contributed by atoms with Crippen molar-refractivity contribution < 1.29 is 17.7 Å². The van der Waals surface area contributed by atoms with Gasteiger partial charge in [0.15, 0.2) is 44.7 Å². The zero-order valence-electron chi connectivity index (χ0n) is 15.8. The Bertz CT molecular complexity index is 1950. The number of nitrogens with zero attached hydrogens (tertiary/aromatic N) is 6. The smallest absolute Gasteiger partial charge is 0.193 e. The minimum absolute atomic E-state index is 0.0349. The van der Waals surface area contributed by atoms with Gasteiger partial charge >= 0.3 is 0 Å². The number of aromatic amines is 1. The lowest BCUT2D eigenvalue weighted by atomic mass is 10.1. The molecule has 1 N–H and O–H groups in total. The molecule has 3 aromatic carbocycles. The highest BCUT2D eigenvalue weighted by molar-refractivity contribution is 6.03. The van der Waals surface area contributed by atoms with Gasteiger partial charge in [-0.15, -0.1) is 0 Å². The summed E-state index contributed by atoms with van der Waals surface area (Å²) < 4.78 is 24.1. The molecule has 0 fully saturated rings. The number of azo groups is 1. The molecule has 0 atom stereocenters. The summed E-state index contributed by atoms with van der Waals surface area (Å²) >= 11 is 0. The number of hydrogen-bond donors (Lipinski definition) is 1. The molecular weight excluding hydrogens is 414 g/mol. The summed E-state index contributed by atoms with van der Waals surface area (Å²) in [6.45, 7) is 0.432. The normalized spacial score (nSPS) is 12.7. The number of nitriles is 2. The molecular formula is C21H7N7O4. The summed E-state index contributed by atoms with van der Waals surface area (Å²) in [5.41, 5.74) is 4.43. The van der Waals surface area contributed by atoms with Crippen molar-refractivity contribution in [2.45, 2.75) is 6.54 Å². The first-order valence-corrected chi connectivity index (χ1v) is 9.38. The van der Waals surface area contributed by atoms with E-state index in [0.29, 0.717) is 45.6 Å². The van der Waals surface area contributed by atoms with Crippen molar-refractivity contribution in [3.05, 3.63) is 41.0 Å². The first kappa shape index (κ1) is 16.6. The number of fused-ring (bicyclic) bond motifs is 6. The van der Waals surface area contributed by atoms with E-state index in [0.717, 1.165) is 5.56 Å². The molecule has 0 amide bonds. The number of aromatic nitrogens is 3. The van der Waals surface area contributed by atoms with Gasteiger partial charge in [0.25, 0.3) is 0 Å². The van der Waals surface area contributed by atoms with Crippen LogP contribution in [0.2, 0.25) is 0 Å². The van der Waals surface area contributed by atoms with Crippen LogP contribution in [0.5, 0.6) is 0 Å². The number of hydrogen-bond acceptors (Lipinski definition) is 10. The monoisotopic (exact) mass is 421 g/mol. The lowest BCUT2D eigenvalue weighted by Crippen LogP contribution is -1.92. The largest absolute Gasteiger partial charge is 0.448 e. The Labute approximate surface area is 175 Å². The first-order chi connectivity index (χ1) is 15.7. The molecule has 3 aromatic heterocycles. The van der Waals surface area contributed by atoms with Crippen molar-refractivity contribution in [3.8, 4) is 12.1 Å². The second-order valence-electron chi connectivity index (χ2n) is 7.14. The number of H-pyrrole nitrogens is 1. The number of nitrogens with one attached hydrogen (secondary N) is 1. The molecule has 11 nitrogen and oxygen atoms in total. The third kappa shape index (κ3) is 2.06. The van der Waals surface area contributed by atoms with Gasteiger partial charge in [-0.1, -0.05) is 0 Å². The standard InChI is InChI=1S/C21H7N7O4/c22-5-9-18-19(30-15-2-11-8(7-24-25-11)1-14(15)29-18)10(6-23)21-20(9)31-16-3-12-13(27-28-26-12)4-17(16)32-21/h1-4H,7H2,(H,26,27,28). The lowest BCUT2D eigenvalue weighted by molar-refractivity contribution is 0.562. The summed E-state index contributed by atoms with van der Waals surface area (Å²) in [4.78, 5) is 0. The van der Waals surface area contributed by atoms with Gasteiger partial charge in [-0.2, -0.15) is 36.2 Å². The van der Waals surface area contributed by atoms with Gasteiger partial charge in [-0.05, 0) is 6.07 Å². The molecule has 1 aliphatic heterocycles. The van der Waals surface area contributed by atoms with Crippen LogP contribution in [0.4, 0.5) is 5.69 Å². The van der Waals surface area contributed by atoms with E-state index < -0.39 is 0 Å². The molecule has 150 valence electrons. The fraction of sp³-hybridized carbons (Fsp3) is 0.0476. The zero-order valence-corrected chi connectivity index (χ0v) is 15.8. The minimum atomic E-state index is 0.0349. The van der Waals surface area contributed by atoms with E-state index >= 15 is 0 Å². The van der Waals surface area contributed by atoms with Crippen molar-refractivity contribution in [2.75, 3.05) is 0 Å². The molecule has 0 radical (unpaired) electrons. The highest BCUT2D eigenvalue weighted by Crippen LogP contribution is 2.39. The summed E-state index contributed by atoms with van der Waals surface area (Å²) in [7, 11) is 0. The van der Waals surface area contributed by atoms with Crippen LogP contribution in [0.25, 0.3) is 55.7 Å². The topological polar surface area (TPSA) is 166 Å². The van der Waals surface area contributed by atoms with Gasteiger partial charge in [0.1, 0.15) is 34.3 Å². The van der Waals surface area contributed by atoms with Crippen LogP contribution >= 0.6 is 0 Å². The number of rotatable bonds is 0. The second kappa shape index (κ2) is 5.71. The number of benzene rings is 3. The van der Waals surface area contributed by atoms with Crippen LogP contribution in [0.1, 0.15) is 16.7 Å². The van der Waals surface area contributed by atoms with Crippen molar-refractivity contribution in [1.82, 2.24) is 15.4 Å². The lowest BCUT2D eigenvalue weighted by Gasteiger charge is -2.09. The van der Waals surface area contributed by atoms with Gasteiger partial charge < -0.3 is 17.7 Å². The Kier molecular flexibility index (Phi) is 2.97. The van der Waals surface area contributed by atoms with Crippen molar-refractivity contribution in [3.63, 3.8) is 0 Å². The van der Waals surface area contributed by atoms with Gasteiger partial charge in [0.05, 0.1) is 12.2 Å². The molecule has 0 bridgehead atoms. The van der Waals surface area contributed by atoms with E-state index in [1.165, 1.54) is 0 Å². The summed E-state index contributed by atoms with van der Waals surface area (Å²) in [5, 5.41) is 38.5. The third-order valence-electron chi connectivity index (χ3n) is 5.34. The average molecular weight is 421 g/mol. The molecule has 0 aliphatic carbocycles. The van der Waals surface area contributed by atoms with Crippen molar-refractivity contribution >= 4 is 61.4 Å². The molecule has 11 heteroatoms. The fourth-order valence-electron chi connectivity index (χ4n) is 3.86. The molecule has 0 saturated heterocycles. The van der Waals surface area contributed by atoms with Crippen LogP contribution in [-0.2, 0) is 6.54 Å². The van der Waals surface area contributed by atoms with E-state index in [-0.39, 0.29) is 33.5 Å². The quantitative estimate of drug-likeness (QED) is 0.318. The van der Waals surface area contributed by atoms with Crippen LogP contribution < -0.4 is 0 Å². The predicted octanol–water partition coefficient (Wildman–Crippen LogP) is 5.41. The highest BCUT2D eigenvalue weighted by Gasteiger charge is 2.24. The summed E-state index contributed by atoms with van der Waals surface area (Å²) in [5.74, 6) is 0. The first-order valence-electron chi connectivity index (χ1n) is 9.38. The second-order valence-corrected chi connectivity index (χ2v) is 7.14. The molecule has 32 heavy (non-hydrogen) atoms. The van der Waals surface area contributed by atoms with Crippen LogP contribution in [-0.4, -0.2) is 15.4 Å². The molecule has 7 rings (SSSR count). The van der Waals surface area contributed by atoms with Crippen molar-refractivity contribution in [2.24, 2.45) is 10.2 Å². The van der Waals surface area contributed by atoms with Gasteiger partial charge in [0.2, 0.25) is 0 Å². The maximum absolute atomic E-state index is 9.94.